The molecular weight excluding hydrogens is 404 g/mol. The predicted molar refractivity (Wildman–Crippen MR) is 112 cm³/mol. The number of H-pyrrole nitrogens is 1. The van der Waals surface area contributed by atoms with Crippen LogP contribution in [0.15, 0.2) is 65.3 Å². The molecule has 0 radical (unpaired) electrons. The normalized spacial score (nSPS) is 16.4. The molecule has 1 aliphatic rings. The van der Waals surface area contributed by atoms with Crippen LogP contribution in [0, 0.1) is 0 Å². The monoisotopic (exact) mass is 420 g/mol. The van der Waals surface area contributed by atoms with Crippen LogP contribution in [-0.4, -0.2) is 32.8 Å². The van der Waals surface area contributed by atoms with Crippen LogP contribution in [0.4, 0.5) is 4.79 Å². The quantitative estimate of drug-likeness (QED) is 0.475. The molecule has 8 heteroatoms. The first-order valence-electron chi connectivity index (χ1n) is 9.46. The summed E-state index contributed by atoms with van der Waals surface area (Å²) in [5.41, 5.74) is 2.79. The van der Waals surface area contributed by atoms with Crippen LogP contribution >= 0.6 is 11.6 Å². The Morgan fingerprint density at radius 2 is 1.90 bits per heavy atom. The number of rotatable bonds is 5. The zero-order valence-electron chi connectivity index (χ0n) is 15.8. The number of hydrogen-bond donors (Lipinski definition) is 2. The van der Waals surface area contributed by atoms with Crippen molar-refractivity contribution in [1.29, 1.82) is 0 Å². The highest BCUT2D eigenvalue weighted by Gasteiger charge is 2.39. The number of carbonyl (C=O) groups is 2. The zero-order valence-corrected chi connectivity index (χ0v) is 16.5. The smallest absolute Gasteiger partial charge is 0.325 e. The second-order valence-electron chi connectivity index (χ2n) is 7.12. The minimum atomic E-state index is -0.623. The summed E-state index contributed by atoms with van der Waals surface area (Å²) >= 11 is 5.91. The molecule has 0 bridgehead atoms. The van der Waals surface area contributed by atoms with E-state index in [9.17, 15) is 9.59 Å². The molecule has 4 aromatic rings. The lowest BCUT2D eigenvalue weighted by Gasteiger charge is -2.10. The summed E-state index contributed by atoms with van der Waals surface area (Å²) in [6.07, 6.45) is 3.85. The van der Waals surface area contributed by atoms with E-state index in [4.69, 9.17) is 16.0 Å². The Balaban J connectivity index is 1.31. The fourth-order valence-corrected chi connectivity index (χ4v) is 3.78. The minimum Gasteiger partial charge on any atom is -0.439 e. The number of amides is 3. The highest BCUT2D eigenvalue weighted by Crippen LogP contribution is 2.25. The van der Waals surface area contributed by atoms with Gasteiger partial charge in [0.15, 0.2) is 5.76 Å². The number of urea groups is 1. The number of nitrogens with one attached hydrogen (secondary N) is 2. The van der Waals surface area contributed by atoms with E-state index in [0.29, 0.717) is 17.2 Å². The lowest BCUT2D eigenvalue weighted by molar-refractivity contribution is -0.128. The van der Waals surface area contributed by atoms with Gasteiger partial charge in [0.25, 0.3) is 5.91 Å². The first-order valence-corrected chi connectivity index (χ1v) is 9.84. The zero-order chi connectivity index (χ0) is 20.7. The van der Waals surface area contributed by atoms with E-state index in [2.05, 4.69) is 15.3 Å². The van der Waals surface area contributed by atoms with Crippen LogP contribution in [0.2, 0.25) is 5.02 Å². The van der Waals surface area contributed by atoms with Crippen molar-refractivity contribution in [3.05, 3.63) is 77.4 Å². The number of oxazole rings is 1. The van der Waals surface area contributed by atoms with Crippen molar-refractivity contribution in [2.45, 2.75) is 19.0 Å². The Kier molecular flexibility index (Phi) is 4.52. The standard InChI is InChI=1S/C22H17ClN4O3/c23-15-7-5-13(6-8-15)19-11-25-20(30-19)12-27-21(28)18(26-22(27)29)9-14-10-24-17-4-2-1-3-16(14)17/h1-8,10-11,18,24H,9,12H2,(H,26,29)/t18-/m1/s1. The largest absolute Gasteiger partial charge is 0.439 e. The molecule has 7 nitrogen and oxygen atoms in total. The number of hydrogen-bond acceptors (Lipinski definition) is 4. The SMILES string of the molecule is O=C1N[C@H](Cc2c[nH]c3ccccc23)C(=O)N1Cc1ncc(-c2ccc(Cl)cc2)o1. The number of benzene rings is 2. The summed E-state index contributed by atoms with van der Waals surface area (Å²) in [6, 6.07) is 13.9. The molecule has 0 spiro atoms. The molecule has 2 N–H and O–H groups in total. The number of para-hydroxylation sites is 1. The van der Waals surface area contributed by atoms with Crippen LogP contribution < -0.4 is 5.32 Å². The first-order chi connectivity index (χ1) is 14.6. The Bertz CT molecular complexity index is 1240. The molecule has 2 aromatic carbocycles. The van der Waals surface area contributed by atoms with Gasteiger partial charge in [0.2, 0.25) is 5.89 Å². The lowest BCUT2D eigenvalue weighted by atomic mass is 10.1. The molecule has 2 aromatic heterocycles. The van der Waals surface area contributed by atoms with Gasteiger partial charge in [-0.1, -0.05) is 29.8 Å². The molecule has 3 amide bonds. The van der Waals surface area contributed by atoms with Gasteiger partial charge < -0.3 is 14.7 Å². The first kappa shape index (κ1) is 18.4. The Morgan fingerprint density at radius 3 is 2.73 bits per heavy atom. The minimum absolute atomic E-state index is 0.0252. The average molecular weight is 421 g/mol. The highest BCUT2D eigenvalue weighted by atomic mass is 35.5. The van der Waals surface area contributed by atoms with Crippen LogP contribution in [0.3, 0.4) is 0 Å². The van der Waals surface area contributed by atoms with Crippen molar-refractivity contribution < 1.29 is 14.0 Å². The van der Waals surface area contributed by atoms with Crippen molar-refractivity contribution in [3.63, 3.8) is 0 Å². The van der Waals surface area contributed by atoms with Crippen LogP contribution in [0.1, 0.15) is 11.5 Å². The molecule has 1 atom stereocenters. The molecule has 1 fully saturated rings. The van der Waals surface area contributed by atoms with Gasteiger partial charge in [0.1, 0.15) is 12.6 Å². The maximum Gasteiger partial charge on any atom is 0.325 e. The van der Waals surface area contributed by atoms with Gasteiger partial charge in [-0.25, -0.2) is 9.78 Å². The second kappa shape index (κ2) is 7.35. The van der Waals surface area contributed by atoms with E-state index in [0.717, 1.165) is 26.9 Å². The third-order valence-corrected chi connectivity index (χ3v) is 5.43. The van der Waals surface area contributed by atoms with Crippen LogP contribution in [-0.2, 0) is 17.8 Å². The van der Waals surface area contributed by atoms with E-state index >= 15 is 0 Å². The number of nitrogens with zero attached hydrogens (tertiary/aromatic N) is 2. The number of imide groups is 1. The number of halogens is 1. The van der Waals surface area contributed by atoms with Crippen molar-refractivity contribution in [1.82, 2.24) is 20.2 Å². The average Bonchev–Trinajstić information content (AvgIpc) is 3.44. The third-order valence-electron chi connectivity index (χ3n) is 5.18. The predicted octanol–water partition coefficient (Wildman–Crippen LogP) is 4.14. The van der Waals surface area contributed by atoms with Gasteiger partial charge in [0.05, 0.1) is 6.20 Å². The molecule has 5 rings (SSSR count). The summed E-state index contributed by atoms with van der Waals surface area (Å²) < 4.78 is 5.73. The summed E-state index contributed by atoms with van der Waals surface area (Å²) in [6.45, 7) is -0.0252. The fourth-order valence-electron chi connectivity index (χ4n) is 3.65. The number of aromatic amines is 1. The second-order valence-corrected chi connectivity index (χ2v) is 7.55. The summed E-state index contributed by atoms with van der Waals surface area (Å²) in [5.74, 6) is 0.539. The Labute approximate surface area is 176 Å². The Hall–Kier alpha value is -3.58. The third kappa shape index (κ3) is 3.33. The van der Waals surface area contributed by atoms with Crippen molar-refractivity contribution in [3.8, 4) is 11.3 Å². The van der Waals surface area contributed by atoms with E-state index in [1.165, 1.54) is 0 Å². The maximum atomic E-state index is 12.8. The highest BCUT2D eigenvalue weighted by molar-refractivity contribution is 6.30. The van der Waals surface area contributed by atoms with Gasteiger partial charge in [-0.15, -0.1) is 0 Å². The topological polar surface area (TPSA) is 91.2 Å². The van der Waals surface area contributed by atoms with Crippen molar-refractivity contribution in [2.75, 3.05) is 0 Å². The van der Waals surface area contributed by atoms with Gasteiger partial charge >= 0.3 is 6.03 Å². The molecule has 1 saturated heterocycles. The molecule has 0 saturated carbocycles. The molecule has 0 unspecified atom stereocenters. The number of fused-ring (bicyclic) bond motifs is 1. The molecule has 0 aliphatic carbocycles. The van der Waals surface area contributed by atoms with Crippen molar-refractivity contribution in [2.24, 2.45) is 0 Å². The van der Waals surface area contributed by atoms with Crippen LogP contribution in [0.5, 0.6) is 0 Å². The van der Waals surface area contributed by atoms with Crippen molar-refractivity contribution >= 4 is 34.4 Å². The van der Waals surface area contributed by atoms with E-state index in [1.54, 1.807) is 18.3 Å². The maximum absolute atomic E-state index is 12.8. The van der Waals surface area contributed by atoms with Crippen LogP contribution in [0.25, 0.3) is 22.2 Å². The fraction of sp³-hybridized carbons (Fsp3) is 0.136. The molecule has 150 valence electrons. The summed E-state index contributed by atoms with van der Waals surface area (Å²) in [7, 11) is 0. The molecule has 1 aliphatic heterocycles. The molecule has 30 heavy (non-hydrogen) atoms. The summed E-state index contributed by atoms with van der Waals surface area (Å²) in [5, 5.41) is 4.43. The molecule has 3 heterocycles. The van der Waals surface area contributed by atoms with Gasteiger partial charge in [-0.3, -0.25) is 9.69 Å². The van der Waals surface area contributed by atoms with Gasteiger partial charge in [-0.2, -0.15) is 0 Å². The van der Waals surface area contributed by atoms with Gasteiger partial charge in [-0.05, 0) is 35.9 Å². The summed E-state index contributed by atoms with van der Waals surface area (Å²) in [4.78, 5) is 33.8. The van der Waals surface area contributed by atoms with E-state index in [1.807, 2.05) is 42.6 Å². The number of carbonyl (C=O) groups excluding carboxylic acids is 2. The molecular formula is C22H17ClN4O3. The number of aromatic nitrogens is 2. The van der Waals surface area contributed by atoms with Gasteiger partial charge in [0, 0.05) is 34.1 Å². The van der Waals surface area contributed by atoms with E-state index in [-0.39, 0.29) is 18.3 Å². The lowest BCUT2D eigenvalue weighted by Crippen LogP contribution is -2.32. The van der Waals surface area contributed by atoms with E-state index < -0.39 is 12.1 Å². The Morgan fingerprint density at radius 1 is 1.10 bits per heavy atom.